The first-order valence-corrected chi connectivity index (χ1v) is 16.9. The number of carbonyl (C=O) groups excluding carboxylic acids is 2. The number of aliphatic hydroxyl groups excluding tert-OH is 1. The van der Waals surface area contributed by atoms with Gasteiger partial charge in [0, 0.05) is 52.8 Å². The SMILES string of the molecule is C=C(C)C(=O)OCCOC(=O)CC[C@@H]1C2=C3CC(O)=C4C3=NC(=C4C)C=C3N=C(C=C4N=C(C=C(N2)[C@H]1C)C(C)=C4CC)C(C)=C3CC. The highest BCUT2D eigenvalue weighted by Crippen LogP contribution is 2.46. The Labute approximate surface area is 282 Å². The summed E-state index contributed by atoms with van der Waals surface area (Å²) >= 11 is 0. The topological polar surface area (TPSA) is 122 Å². The molecule has 1 fully saturated rings. The Morgan fingerprint density at radius 2 is 1.56 bits per heavy atom. The van der Waals surface area contributed by atoms with E-state index in [4.69, 9.17) is 24.5 Å². The van der Waals surface area contributed by atoms with Crippen LogP contribution in [-0.4, -0.2) is 47.4 Å². The van der Waals surface area contributed by atoms with Crippen LogP contribution in [0.2, 0.25) is 0 Å². The fraction of sp³-hybridized carbons (Fsp3) is 0.410. The number of ether oxygens (including phenoxy) is 2. The number of aliphatic hydroxyl groups is 1. The maximum absolute atomic E-state index is 12.8. The maximum atomic E-state index is 12.8. The number of hydrogen-bond acceptors (Lipinski definition) is 9. The number of rotatable bonds is 9. The van der Waals surface area contributed by atoms with Gasteiger partial charge in [-0.25, -0.2) is 19.8 Å². The van der Waals surface area contributed by atoms with E-state index in [1.54, 1.807) is 6.92 Å². The number of hydrogen-bond donors (Lipinski definition) is 2. The van der Waals surface area contributed by atoms with Gasteiger partial charge in [-0.2, -0.15) is 0 Å². The second kappa shape index (κ2) is 13.0. The third-order valence-corrected chi connectivity index (χ3v) is 10.1. The van der Waals surface area contributed by atoms with Gasteiger partial charge in [0.1, 0.15) is 19.0 Å². The lowest BCUT2D eigenvalue weighted by Crippen LogP contribution is -2.17. The fourth-order valence-electron chi connectivity index (χ4n) is 7.36. The molecular weight excluding hydrogens is 604 g/mol. The smallest absolute Gasteiger partial charge is 0.333 e. The molecule has 0 saturated carbocycles. The summed E-state index contributed by atoms with van der Waals surface area (Å²) in [5, 5.41) is 15.0. The van der Waals surface area contributed by atoms with Gasteiger partial charge in [0.2, 0.25) is 0 Å². The number of aliphatic imine (C=N–C) groups is 3. The summed E-state index contributed by atoms with van der Waals surface area (Å²) in [5.74, 6) is -0.597. The van der Waals surface area contributed by atoms with Gasteiger partial charge in [0.15, 0.2) is 0 Å². The highest BCUT2D eigenvalue weighted by molar-refractivity contribution is 6.21. The molecule has 0 aromatic carbocycles. The molecule has 6 aliphatic rings. The summed E-state index contributed by atoms with van der Waals surface area (Å²) in [6.07, 6.45) is 9.04. The van der Waals surface area contributed by atoms with Crippen molar-refractivity contribution in [3.8, 4) is 0 Å². The molecular formula is C39H44N4O5. The van der Waals surface area contributed by atoms with Gasteiger partial charge in [-0.05, 0) is 93.1 Å². The van der Waals surface area contributed by atoms with Crippen LogP contribution in [0.5, 0.6) is 0 Å². The van der Waals surface area contributed by atoms with E-state index in [1.165, 1.54) is 11.1 Å². The van der Waals surface area contributed by atoms with Crippen LogP contribution in [-0.2, 0) is 19.1 Å². The quantitative estimate of drug-likeness (QED) is 0.152. The molecule has 9 nitrogen and oxygen atoms in total. The van der Waals surface area contributed by atoms with E-state index in [2.05, 4.69) is 58.7 Å². The molecule has 5 aliphatic heterocycles. The number of carbonyl (C=O) groups is 2. The van der Waals surface area contributed by atoms with E-state index in [0.29, 0.717) is 24.2 Å². The molecule has 250 valence electrons. The standard InChI is InChI=1S/C39H44N4O5/c1-9-24-20(5)28-16-30-22(7)26(11-12-35(45)47-13-14-48-39(46)19(3)4)37(42-30)27-15-34(44)36-23(8)31(43-38(27)36)18-33-25(10-2)21(6)29(41-33)17-32(24)40-28/h16-18,22,26,42,44H,3,9-15H2,1-2,4-8H3/t22-,26-/m0/s1. The minimum Gasteiger partial charge on any atom is -0.511 e. The first kappa shape index (κ1) is 33.1. The highest BCUT2D eigenvalue weighted by Gasteiger charge is 2.41. The van der Waals surface area contributed by atoms with Gasteiger partial charge in [-0.3, -0.25) is 4.79 Å². The molecule has 9 heteroatoms. The van der Waals surface area contributed by atoms with Gasteiger partial charge in [0.25, 0.3) is 0 Å². The predicted octanol–water partition coefficient (Wildman–Crippen LogP) is 7.51. The Kier molecular flexibility index (Phi) is 8.98. The number of esters is 2. The molecule has 2 N–H and O–H groups in total. The van der Waals surface area contributed by atoms with Crippen LogP contribution in [0.15, 0.2) is 119 Å². The Balaban J connectivity index is 1.40. The van der Waals surface area contributed by atoms with Gasteiger partial charge in [0.05, 0.1) is 34.2 Å². The zero-order valence-corrected chi connectivity index (χ0v) is 29.0. The maximum Gasteiger partial charge on any atom is 0.333 e. The highest BCUT2D eigenvalue weighted by atomic mass is 16.6. The van der Waals surface area contributed by atoms with Crippen molar-refractivity contribution in [3.05, 3.63) is 104 Å². The van der Waals surface area contributed by atoms with Crippen molar-refractivity contribution in [1.82, 2.24) is 5.32 Å². The summed E-state index contributed by atoms with van der Waals surface area (Å²) in [6.45, 7) is 17.8. The van der Waals surface area contributed by atoms with Crippen molar-refractivity contribution in [1.29, 1.82) is 0 Å². The number of nitrogens with zero attached hydrogens (tertiary/aromatic N) is 3. The van der Waals surface area contributed by atoms with Gasteiger partial charge >= 0.3 is 11.9 Å². The van der Waals surface area contributed by atoms with E-state index in [-0.39, 0.29) is 37.4 Å². The normalized spacial score (nSPS) is 22.9. The van der Waals surface area contributed by atoms with Crippen molar-refractivity contribution >= 4 is 29.1 Å². The molecule has 6 rings (SSSR count). The third-order valence-electron chi connectivity index (χ3n) is 10.1. The Hall–Kier alpha value is -4.79. The van der Waals surface area contributed by atoms with Gasteiger partial charge in [-0.15, -0.1) is 0 Å². The van der Waals surface area contributed by atoms with Crippen LogP contribution < -0.4 is 5.32 Å². The molecule has 2 atom stereocenters. The first-order valence-electron chi connectivity index (χ1n) is 16.9. The minimum absolute atomic E-state index is 0.0163. The lowest BCUT2D eigenvalue weighted by Gasteiger charge is -2.17. The van der Waals surface area contributed by atoms with Crippen molar-refractivity contribution in [2.75, 3.05) is 13.2 Å². The first-order chi connectivity index (χ1) is 22.9. The van der Waals surface area contributed by atoms with Crippen LogP contribution in [0.1, 0.15) is 80.6 Å². The molecule has 0 aromatic rings. The summed E-state index contributed by atoms with van der Waals surface area (Å²) < 4.78 is 10.4. The number of nitrogens with one attached hydrogen (secondary N) is 1. The van der Waals surface area contributed by atoms with Gasteiger partial charge in [-0.1, -0.05) is 27.4 Å². The van der Waals surface area contributed by atoms with Gasteiger partial charge < -0.3 is 19.9 Å². The summed E-state index contributed by atoms with van der Waals surface area (Å²) in [4.78, 5) is 39.8. The second-order valence-corrected chi connectivity index (χ2v) is 13.1. The average Bonchev–Trinajstić information content (AvgIpc) is 3.80. The van der Waals surface area contributed by atoms with Crippen molar-refractivity contribution in [3.63, 3.8) is 0 Å². The van der Waals surface area contributed by atoms with Crippen LogP contribution in [0.3, 0.4) is 0 Å². The molecule has 0 unspecified atom stereocenters. The molecule has 1 saturated heterocycles. The monoisotopic (exact) mass is 648 g/mol. The molecule has 8 bridgehead atoms. The summed E-state index contributed by atoms with van der Waals surface area (Å²) in [7, 11) is 0. The van der Waals surface area contributed by atoms with E-state index in [9.17, 15) is 14.7 Å². The zero-order chi connectivity index (χ0) is 34.4. The lowest BCUT2D eigenvalue weighted by atomic mass is 9.86. The molecule has 5 heterocycles. The Morgan fingerprint density at radius 3 is 2.21 bits per heavy atom. The van der Waals surface area contributed by atoms with Crippen molar-refractivity contribution in [2.45, 2.75) is 80.6 Å². The van der Waals surface area contributed by atoms with Crippen LogP contribution >= 0.6 is 0 Å². The average molecular weight is 649 g/mol. The van der Waals surface area contributed by atoms with E-state index in [0.717, 1.165) is 86.3 Å². The second-order valence-electron chi connectivity index (χ2n) is 13.1. The summed E-state index contributed by atoms with van der Waals surface area (Å²) in [6, 6.07) is 0. The largest absolute Gasteiger partial charge is 0.511 e. The number of allylic oxidation sites excluding steroid dienone is 12. The summed E-state index contributed by atoms with van der Waals surface area (Å²) in [5.41, 5.74) is 14.8. The molecule has 0 aromatic heterocycles. The van der Waals surface area contributed by atoms with Crippen molar-refractivity contribution < 1.29 is 24.2 Å². The molecule has 0 spiro atoms. The fourth-order valence-corrected chi connectivity index (χ4v) is 7.36. The molecule has 0 amide bonds. The molecule has 1 aliphatic carbocycles. The van der Waals surface area contributed by atoms with Crippen LogP contribution in [0.25, 0.3) is 0 Å². The Morgan fingerprint density at radius 1 is 0.938 bits per heavy atom. The third kappa shape index (κ3) is 5.80. The molecule has 0 radical (unpaired) electrons. The van der Waals surface area contributed by atoms with E-state index >= 15 is 0 Å². The minimum atomic E-state index is -0.510. The predicted molar refractivity (Wildman–Crippen MR) is 188 cm³/mol. The van der Waals surface area contributed by atoms with Crippen LogP contribution in [0, 0.1) is 11.8 Å². The number of fused-ring (bicyclic) bond motifs is 5. The van der Waals surface area contributed by atoms with E-state index < -0.39 is 5.97 Å². The van der Waals surface area contributed by atoms with E-state index in [1.807, 2.05) is 13.0 Å². The van der Waals surface area contributed by atoms with Crippen LogP contribution in [0.4, 0.5) is 0 Å². The van der Waals surface area contributed by atoms with Crippen molar-refractivity contribution in [2.24, 2.45) is 26.8 Å². The zero-order valence-electron chi connectivity index (χ0n) is 29.0. The molecule has 48 heavy (non-hydrogen) atoms. The Bertz CT molecular complexity index is 1900. The lowest BCUT2D eigenvalue weighted by molar-refractivity contribution is -0.150.